The summed E-state index contributed by atoms with van der Waals surface area (Å²) in [5.41, 5.74) is 0.795. The van der Waals surface area contributed by atoms with Crippen molar-refractivity contribution < 1.29 is 27.8 Å². The number of nitrogens with zero attached hydrogens (tertiary/aromatic N) is 1. The first-order valence-electron chi connectivity index (χ1n) is 6.99. The molecule has 1 unspecified atom stereocenters. The molecule has 1 aliphatic rings. The van der Waals surface area contributed by atoms with E-state index in [0.717, 1.165) is 5.56 Å². The molecule has 1 aromatic carbocycles. The Morgan fingerprint density at radius 3 is 2.30 bits per heavy atom. The molecule has 1 saturated heterocycles. The molecule has 3 N–H and O–H groups in total. The standard InChI is InChI=1S/C14H20N2O6S/c1-21-11-5-9(6-12(22-2)14(11)18)3-4-16-8-10(7-13(16)17)23(15,19)20/h5-6,10,18H,3-4,7-8H2,1-2H3,(H2,15,19,20). The number of aromatic hydroxyl groups is 1. The van der Waals surface area contributed by atoms with E-state index >= 15 is 0 Å². The molecule has 8 nitrogen and oxygen atoms in total. The molecule has 23 heavy (non-hydrogen) atoms. The lowest BCUT2D eigenvalue weighted by molar-refractivity contribution is -0.127. The van der Waals surface area contributed by atoms with Gasteiger partial charge in [0.15, 0.2) is 11.5 Å². The van der Waals surface area contributed by atoms with Gasteiger partial charge in [-0.25, -0.2) is 13.6 Å². The quantitative estimate of drug-likeness (QED) is 0.740. The van der Waals surface area contributed by atoms with Crippen molar-refractivity contribution in [2.75, 3.05) is 27.3 Å². The Morgan fingerprint density at radius 1 is 1.30 bits per heavy atom. The highest BCUT2D eigenvalue weighted by atomic mass is 32.2. The zero-order valence-electron chi connectivity index (χ0n) is 13.0. The molecule has 0 saturated carbocycles. The number of phenolic OH excluding ortho intramolecular Hbond substituents is 1. The zero-order valence-corrected chi connectivity index (χ0v) is 13.8. The van der Waals surface area contributed by atoms with Crippen LogP contribution < -0.4 is 14.6 Å². The van der Waals surface area contributed by atoms with Gasteiger partial charge in [-0.3, -0.25) is 4.79 Å². The molecule has 1 amide bonds. The number of hydrogen-bond acceptors (Lipinski definition) is 6. The molecule has 0 spiro atoms. The predicted molar refractivity (Wildman–Crippen MR) is 83.0 cm³/mol. The van der Waals surface area contributed by atoms with Gasteiger partial charge in [0, 0.05) is 19.5 Å². The Balaban J connectivity index is 2.08. The molecule has 9 heteroatoms. The number of carbonyl (C=O) groups excluding carboxylic acids is 1. The van der Waals surface area contributed by atoms with E-state index < -0.39 is 15.3 Å². The van der Waals surface area contributed by atoms with Crippen molar-refractivity contribution in [2.45, 2.75) is 18.1 Å². The third kappa shape index (κ3) is 3.85. The van der Waals surface area contributed by atoms with Crippen molar-refractivity contribution in [1.82, 2.24) is 4.90 Å². The van der Waals surface area contributed by atoms with E-state index in [1.807, 2.05) is 0 Å². The third-order valence-electron chi connectivity index (χ3n) is 3.85. The van der Waals surface area contributed by atoms with Crippen molar-refractivity contribution in [1.29, 1.82) is 0 Å². The number of rotatable bonds is 6. The highest BCUT2D eigenvalue weighted by Crippen LogP contribution is 2.37. The van der Waals surface area contributed by atoms with Gasteiger partial charge < -0.3 is 19.5 Å². The van der Waals surface area contributed by atoms with Crippen LogP contribution in [0.5, 0.6) is 17.2 Å². The third-order valence-corrected chi connectivity index (χ3v) is 5.10. The molecule has 0 aromatic heterocycles. The largest absolute Gasteiger partial charge is 0.502 e. The SMILES string of the molecule is COc1cc(CCN2CC(S(N)(=O)=O)CC2=O)cc(OC)c1O. The van der Waals surface area contributed by atoms with Gasteiger partial charge in [-0.15, -0.1) is 0 Å². The molecule has 0 radical (unpaired) electrons. The van der Waals surface area contributed by atoms with Crippen LogP contribution in [0.4, 0.5) is 0 Å². The smallest absolute Gasteiger partial charge is 0.224 e. The van der Waals surface area contributed by atoms with Crippen LogP contribution in [0.1, 0.15) is 12.0 Å². The second kappa shape index (κ2) is 6.63. The average Bonchev–Trinajstić information content (AvgIpc) is 2.87. The van der Waals surface area contributed by atoms with Crippen LogP contribution >= 0.6 is 0 Å². The van der Waals surface area contributed by atoms with Crippen LogP contribution in [-0.2, 0) is 21.2 Å². The molecule has 1 aromatic rings. The molecular formula is C14H20N2O6S. The summed E-state index contributed by atoms with van der Waals surface area (Å²) in [5, 5.41) is 14.1. The van der Waals surface area contributed by atoms with Gasteiger partial charge in [0.2, 0.25) is 21.7 Å². The molecule has 1 heterocycles. The Kier molecular flexibility index (Phi) is 5.00. The van der Waals surface area contributed by atoms with Crippen molar-refractivity contribution in [3.63, 3.8) is 0 Å². The second-order valence-electron chi connectivity index (χ2n) is 5.35. The van der Waals surface area contributed by atoms with Gasteiger partial charge in [-0.2, -0.15) is 0 Å². The second-order valence-corrected chi connectivity index (χ2v) is 7.20. The van der Waals surface area contributed by atoms with Crippen molar-refractivity contribution in [3.05, 3.63) is 17.7 Å². The Morgan fingerprint density at radius 2 is 1.87 bits per heavy atom. The first-order valence-corrected chi connectivity index (χ1v) is 8.60. The first-order chi connectivity index (χ1) is 10.8. The van der Waals surface area contributed by atoms with Crippen LogP contribution in [0.25, 0.3) is 0 Å². The maximum atomic E-state index is 11.9. The number of primary sulfonamides is 1. The highest BCUT2D eigenvalue weighted by Gasteiger charge is 2.36. The van der Waals surface area contributed by atoms with Gasteiger partial charge in [0.1, 0.15) is 5.25 Å². The van der Waals surface area contributed by atoms with Crippen LogP contribution in [-0.4, -0.2) is 56.9 Å². The molecule has 0 bridgehead atoms. The minimum Gasteiger partial charge on any atom is -0.502 e. The first kappa shape index (κ1) is 17.4. The molecule has 1 atom stereocenters. The van der Waals surface area contributed by atoms with Crippen LogP contribution in [0.2, 0.25) is 0 Å². The minimum absolute atomic E-state index is 0.0823. The van der Waals surface area contributed by atoms with Crippen LogP contribution in [0, 0.1) is 0 Å². The number of methoxy groups -OCH3 is 2. The Bertz CT molecular complexity index is 678. The summed E-state index contributed by atoms with van der Waals surface area (Å²) in [7, 11) is -0.855. The van der Waals surface area contributed by atoms with E-state index in [1.54, 1.807) is 12.1 Å². The molecule has 1 fully saturated rings. The van der Waals surface area contributed by atoms with Crippen LogP contribution in [0.3, 0.4) is 0 Å². The van der Waals surface area contributed by atoms with E-state index in [0.29, 0.717) is 13.0 Å². The monoisotopic (exact) mass is 344 g/mol. The van der Waals surface area contributed by atoms with Gasteiger partial charge in [-0.05, 0) is 24.1 Å². The number of likely N-dealkylation sites (tertiary alicyclic amines) is 1. The fourth-order valence-electron chi connectivity index (χ4n) is 2.53. The molecule has 0 aliphatic carbocycles. The Hall–Kier alpha value is -2.00. The molecule has 2 rings (SSSR count). The maximum absolute atomic E-state index is 11.9. The fourth-order valence-corrected chi connectivity index (χ4v) is 3.29. The lowest BCUT2D eigenvalue weighted by Crippen LogP contribution is -2.33. The summed E-state index contributed by atoms with van der Waals surface area (Å²) in [4.78, 5) is 13.3. The lowest BCUT2D eigenvalue weighted by Gasteiger charge is -2.17. The van der Waals surface area contributed by atoms with Crippen molar-refractivity contribution in [2.24, 2.45) is 5.14 Å². The van der Waals surface area contributed by atoms with E-state index in [4.69, 9.17) is 14.6 Å². The van der Waals surface area contributed by atoms with Gasteiger partial charge in [-0.1, -0.05) is 0 Å². The van der Waals surface area contributed by atoms with Gasteiger partial charge >= 0.3 is 0 Å². The summed E-state index contributed by atoms with van der Waals surface area (Å²) < 4.78 is 32.8. The number of benzene rings is 1. The van der Waals surface area contributed by atoms with Crippen LogP contribution in [0.15, 0.2) is 12.1 Å². The van der Waals surface area contributed by atoms with E-state index in [2.05, 4.69) is 0 Å². The molecular weight excluding hydrogens is 324 g/mol. The average molecular weight is 344 g/mol. The van der Waals surface area contributed by atoms with E-state index in [-0.39, 0.29) is 36.1 Å². The molecule has 1 aliphatic heterocycles. The van der Waals surface area contributed by atoms with Gasteiger partial charge in [0.05, 0.1) is 14.2 Å². The summed E-state index contributed by atoms with van der Waals surface area (Å²) in [5.74, 6) is 0.219. The number of carbonyl (C=O) groups is 1. The highest BCUT2D eigenvalue weighted by molar-refractivity contribution is 7.89. The predicted octanol–water partition coefficient (Wildman–Crippen LogP) is -0.159. The Labute approximate surface area is 134 Å². The summed E-state index contributed by atoms with van der Waals surface area (Å²) in [6.45, 7) is 0.450. The number of ether oxygens (including phenoxy) is 2. The number of nitrogens with two attached hydrogens (primary N) is 1. The van der Waals surface area contributed by atoms with E-state index in [1.165, 1.54) is 19.1 Å². The number of phenols is 1. The maximum Gasteiger partial charge on any atom is 0.224 e. The summed E-state index contributed by atoms with van der Waals surface area (Å²) in [6.07, 6.45) is 0.386. The summed E-state index contributed by atoms with van der Waals surface area (Å²) >= 11 is 0. The number of amides is 1. The number of sulfonamides is 1. The van der Waals surface area contributed by atoms with Gasteiger partial charge in [0.25, 0.3) is 0 Å². The minimum atomic E-state index is -3.71. The molecule has 128 valence electrons. The number of hydrogen-bond donors (Lipinski definition) is 2. The van der Waals surface area contributed by atoms with Crippen molar-refractivity contribution >= 4 is 15.9 Å². The van der Waals surface area contributed by atoms with E-state index in [9.17, 15) is 18.3 Å². The normalized spacial score (nSPS) is 18.3. The fraction of sp³-hybridized carbons (Fsp3) is 0.500. The lowest BCUT2D eigenvalue weighted by atomic mass is 10.1. The zero-order chi connectivity index (χ0) is 17.2. The topological polar surface area (TPSA) is 119 Å². The summed E-state index contributed by atoms with van der Waals surface area (Å²) in [6, 6.07) is 3.30. The van der Waals surface area contributed by atoms with Crippen molar-refractivity contribution in [3.8, 4) is 17.2 Å².